The lowest BCUT2D eigenvalue weighted by atomic mass is 10.1. The van der Waals surface area contributed by atoms with Crippen LogP contribution >= 0.6 is 0 Å². The van der Waals surface area contributed by atoms with E-state index in [9.17, 15) is 9.59 Å². The number of aromatic nitrogens is 1. The Morgan fingerprint density at radius 3 is 2.23 bits per heavy atom. The highest BCUT2D eigenvalue weighted by Crippen LogP contribution is 2.26. The molecule has 0 spiro atoms. The predicted octanol–water partition coefficient (Wildman–Crippen LogP) is 4.61. The second kappa shape index (κ2) is 7.40. The lowest BCUT2D eigenvalue weighted by molar-refractivity contribution is -0.116. The zero-order chi connectivity index (χ0) is 18.7. The minimum atomic E-state index is -0.125. The van der Waals surface area contributed by atoms with Crippen molar-refractivity contribution < 1.29 is 9.59 Å². The third-order valence-electron chi connectivity index (χ3n) is 4.45. The monoisotopic (exact) mass is 346 g/mol. The van der Waals surface area contributed by atoms with Crippen LogP contribution in [0.5, 0.6) is 0 Å². The fraction of sp³-hybridized carbons (Fsp3) is 0.182. The summed E-state index contributed by atoms with van der Waals surface area (Å²) in [6, 6.07) is 19.3. The number of anilines is 1. The Balaban J connectivity index is 1.91. The van der Waals surface area contributed by atoms with Crippen LogP contribution in [0.3, 0.4) is 0 Å². The first-order valence-electron chi connectivity index (χ1n) is 8.58. The summed E-state index contributed by atoms with van der Waals surface area (Å²) in [5.41, 5.74) is 5.20. The average molecular weight is 346 g/mol. The maximum Gasteiger partial charge on any atom is 0.244 e. The van der Waals surface area contributed by atoms with Crippen molar-refractivity contribution in [3.63, 3.8) is 0 Å². The zero-order valence-corrected chi connectivity index (χ0v) is 15.2. The van der Waals surface area contributed by atoms with Crippen molar-refractivity contribution >= 4 is 17.4 Å². The molecule has 0 aliphatic carbocycles. The van der Waals surface area contributed by atoms with E-state index in [0.717, 1.165) is 28.2 Å². The Kier molecular flexibility index (Phi) is 5.03. The molecule has 0 bridgehead atoms. The van der Waals surface area contributed by atoms with E-state index in [-0.39, 0.29) is 18.2 Å². The van der Waals surface area contributed by atoms with Gasteiger partial charge in [0.05, 0.1) is 0 Å². The molecule has 0 fully saturated rings. The summed E-state index contributed by atoms with van der Waals surface area (Å²) < 4.78 is 1.90. The Labute approximate surface area is 153 Å². The van der Waals surface area contributed by atoms with Gasteiger partial charge in [0.25, 0.3) is 0 Å². The van der Waals surface area contributed by atoms with Gasteiger partial charge in [0.15, 0.2) is 5.78 Å². The lowest BCUT2D eigenvalue weighted by Crippen LogP contribution is -2.20. The van der Waals surface area contributed by atoms with Crippen molar-refractivity contribution in [1.82, 2.24) is 4.57 Å². The fourth-order valence-electron chi connectivity index (χ4n) is 3.03. The van der Waals surface area contributed by atoms with Crippen LogP contribution in [0.2, 0.25) is 0 Å². The van der Waals surface area contributed by atoms with Gasteiger partial charge in [-0.05, 0) is 44.5 Å². The fourth-order valence-corrected chi connectivity index (χ4v) is 3.03. The number of nitrogens with zero attached hydrogens (tertiary/aromatic N) is 1. The molecule has 3 aromatic rings. The molecule has 1 N–H and O–H groups in total. The molecule has 0 radical (unpaired) electrons. The van der Waals surface area contributed by atoms with Gasteiger partial charge in [-0.1, -0.05) is 48.0 Å². The van der Waals surface area contributed by atoms with Crippen molar-refractivity contribution in [2.24, 2.45) is 0 Å². The number of ketones is 1. The minimum Gasteiger partial charge on any atom is -0.335 e. The molecule has 0 unspecified atom stereocenters. The molecule has 4 nitrogen and oxygen atoms in total. The number of amides is 1. The van der Waals surface area contributed by atoms with E-state index < -0.39 is 0 Å². The highest BCUT2D eigenvalue weighted by atomic mass is 16.2. The second-order valence-electron chi connectivity index (χ2n) is 6.45. The first-order valence-corrected chi connectivity index (χ1v) is 8.58. The summed E-state index contributed by atoms with van der Waals surface area (Å²) in [5, 5.41) is 2.92. The summed E-state index contributed by atoms with van der Waals surface area (Å²) in [4.78, 5) is 24.5. The van der Waals surface area contributed by atoms with Crippen LogP contribution < -0.4 is 5.32 Å². The molecule has 26 heavy (non-hydrogen) atoms. The summed E-state index contributed by atoms with van der Waals surface area (Å²) in [5.74, 6) is -0.128. The SMILES string of the molecule is CC(=O)c1cc(-c2ccccc2)n(CC(=O)Nc2ccc(C)cc2)c1C. The molecule has 2 aromatic carbocycles. The van der Waals surface area contributed by atoms with Gasteiger partial charge in [0, 0.05) is 22.6 Å². The van der Waals surface area contributed by atoms with Gasteiger partial charge in [0.1, 0.15) is 6.54 Å². The average Bonchev–Trinajstić information content (AvgIpc) is 2.95. The number of carbonyl (C=O) groups excluding carboxylic acids is 2. The number of aryl methyl sites for hydroxylation is 1. The van der Waals surface area contributed by atoms with Gasteiger partial charge in [-0.2, -0.15) is 0 Å². The third-order valence-corrected chi connectivity index (χ3v) is 4.45. The molecule has 1 amide bonds. The number of hydrogen-bond acceptors (Lipinski definition) is 2. The van der Waals surface area contributed by atoms with E-state index in [1.165, 1.54) is 0 Å². The highest BCUT2D eigenvalue weighted by Gasteiger charge is 2.18. The van der Waals surface area contributed by atoms with Crippen molar-refractivity contribution in [3.05, 3.63) is 77.5 Å². The van der Waals surface area contributed by atoms with E-state index in [4.69, 9.17) is 0 Å². The molecule has 0 atom stereocenters. The van der Waals surface area contributed by atoms with E-state index >= 15 is 0 Å². The topological polar surface area (TPSA) is 51.1 Å². The normalized spacial score (nSPS) is 10.6. The number of benzene rings is 2. The van der Waals surface area contributed by atoms with Crippen molar-refractivity contribution in [2.45, 2.75) is 27.3 Å². The molecule has 4 heteroatoms. The molecule has 3 rings (SSSR count). The number of rotatable bonds is 5. The van der Waals surface area contributed by atoms with E-state index in [1.54, 1.807) is 6.92 Å². The van der Waals surface area contributed by atoms with Crippen LogP contribution in [-0.4, -0.2) is 16.3 Å². The van der Waals surface area contributed by atoms with Crippen LogP contribution in [0.1, 0.15) is 28.5 Å². The molecule has 0 saturated carbocycles. The molecular formula is C22H22N2O2. The minimum absolute atomic E-state index is 0.00243. The zero-order valence-electron chi connectivity index (χ0n) is 15.2. The van der Waals surface area contributed by atoms with Gasteiger partial charge in [-0.3, -0.25) is 9.59 Å². The van der Waals surface area contributed by atoms with Crippen LogP contribution in [0.25, 0.3) is 11.3 Å². The standard InChI is InChI=1S/C22H22N2O2/c1-15-9-11-19(12-10-15)23-22(26)14-24-16(2)20(17(3)25)13-21(24)18-7-5-4-6-8-18/h4-13H,14H2,1-3H3,(H,23,26). The molecular weight excluding hydrogens is 324 g/mol. The predicted molar refractivity (Wildman–Crippen MR) is 104 cm³/mol. The van der Waals surface area contributed by atoms with Gasteiger partial charge in [0.2, 0.25) is 5.91 Å². The number of Topliss-reactive ketones (excluding diaryl/α,β-unsaturated/α-hetero) is 1. The van der Waals surface area contributed by atoms with Crippen molar-refractivity contribution in [3.8, 4) is 11.3 Å². The Morgan fingerprint density at radius 2 is 1.62 bits per heavy atom. The quantitative estimate of drug-likeness (QED) is 0.686. The van der Waals surface area contributed by atoms with E-state index in [0.29, 0.717) is 5.56 Å². The van der Waals surface area contributed by atoms with Crippen LogP contribution in [-0.2, 0) is 11.3 Å². The molecule has 132 valence electrons. The number of carbonyl (C=O) groups is 2. The third kappa shape index (κ3) is 3.75. The van der Waals surface area contributed by atoms with Crippen molar-refractivity contribution in [2.75, 3.05) is 5.32 Å². The van der Waals surface area contributed by atoms with E-state index in [1.807, 2.05) is 79.1 Å². The summed E-state index contributed by atoms with van der Waals surface area (Å²) in [6.07, 6.45) is 0. The largest absolute Gasteiger partial charge is 0.335 e. The van der Waals surface area contributed by atoms with Crippen LogP contribution in [0.15, 0.2) is 60.7 Å². The van der Waals surface area contributed by atoms with Gasteiger partial charge in [-0.25, -0.2) is 0 Å². The van der Waals surface area contributed by atoms with Crippen LogP contribution in [0.4, 0.5) is 5.69 Å². The first kappa shape index (κ1) is 17.7. The van der Waals surface area contributed by atoms with Gasteiger partial charge in [-0.15, -0.1) is 0 Å². The summed E-state index contributed by atoms with van der Waals surface area (Å²) in [7, 11) is 0. The maximum atomic E-state index is 12.6. The smallest absolute Gasteiger partial charge is 0.244 e. The Hall–Kier alpha value is -3.14. The highest BCUT2D eigenvalue weighted by molar-refractivity contribution is 5.97. The Morgan fingerprint density at radius 1 is 0.962 bits per heavy atom. The number of hydrogen-bond donors (Lipinski definition) is 1. The summed E-state index contributed by atoms with van der Waals surface area (Å²) in [6.45, 7) is 5.58. The second-order valence-corrected chi connectivity index (χ2v) is 6.45. The van der Waals surface area contributed by atoms with E-state index in [2.05, 4.69) is 5.32 Å². The van der Waals surface area contributed by atoms with Crippen LogP contribution in [0, 0.1) is 13.8 Å². The molecule has 1 heterocycles. The first-order chi connectivity index (χ1) is 12.5. The molecule has 0 aliphatic rings. The molecule has 0 saturated heterocycles. The Bertz CT molecular complexity index is 938. The van der Waals surface area contributed by atoms with Gasteiger partial charge >= 0.3 is 0 Å². The number of nitrogens with one attached hydrogen (secondary N) is 1. The maximum absolute atomic E-state index is 12.6. The summed E-state index contributed by atoms with van der Waals surface area (Å²) >= 11 is 0. The lowest BCUT2D eigenvalue weighted by Gasteiger charge is -2.12. The molecule has 0 aliphatic heterocycles. The van der Waals surface area contributed by atoms with Gasteiger partial charge < -0.3 is 9.88 Å². The molecule has 1 aromatic heterocycles. The van der Waals surface area contributed by atoms with Crippen molar-refractivity contribution in [1.29, 1.82) is 0 Å².